The summed E-state index contributed by atoms with van der Waals surface area (Å²) in [5.41, 5.74) is 1.14. The first-order valence-electron chi connectivity index (χ1n) is 9.64. The van der Waals surface area contributed by atoms with Crippen LogP contribution in [-0.2, 0) is 19.5 Å². The lowest BCUT2D eigenvalue weighted by Crippen LogP contribution is -2.50. The number of aromatic nitrogens is 1. The van der Waals surface area contributed by atoms with Crippen LogP contribution in [0.1, 0.15) is 36.0 Å². The predicted molar refractivity (Wildman–Crippen MR) is 109 cm³/mol. The lowest BCUT2D eigenvalue weighted by atomic mass is 10.0. The zero-order chi connectivity index (χ0) is 19.9. The molecule has 1 aromatic heterocycles. The van der Waals surface area contributed by atoms with Crippen molar-refractivity contribution in [3.05, 3.63) is 51.5 Å². The van der Waals surface area contributed by atoms with Crippen LogP contribution >= 0.6 is 11.3 Å². The molecule has 2 N–H and O–H groups in total. The summed E-state index contributed by atoms with van der Waals surface area (Å²) < 4.78 is 27.9. The number of halogens is 2. The molecule has 2 aromatic rings. The van der Waals surface area contributed by atoms with Gasteiger partial charge in [-0.3, -0.25) is 9.89 Å². The molecule has 3 rings (SSSR count). The second-order valence-corrected chi connectivity index (χ2v) is 7.87. The molecule has 8 heteroatoms. The van der Waals surface area contributed by atoms with Crippen molar-refractivity contribution in [1.29, 1.82) is 0 Å². The smallest absolute Gasteiger partial charge is 0.191 e. The number of aliphatic imine (C=N–C) groups is 1. The van der Waals surface area contributed by atoms with Crippen molar-refractivity contribution in [3.8, 4) is 0 Å². The first-order chi connectivity index (χ1) is 13.6. The van der Waals surface area contributed by atoms with E-state index in [0.717, 1.165) is 42.5 Å². The highest BCUT2D eigenvalue weighted by Crippen LogP contribution is 2.18. The Bertz CT molecular complexity index is 787. The Morgan fingerprint density at radius 3 is 2.82 bits per heavy atom. The average molecular weight is 408 g/mol. The molecule has 1 aliphatic rings. The van der Waals surface area contributed by atoms with E-state index in [2.05, 4.69) is 37.8 Å². The third-order valence-corrected chi connectivity index (χ3v) is 5.89. The molecule has 1 saturated heterocycles. The quantitative estimate of drug-likeness (QED) is 0.570. The number of rotatable bonds is 6. The Kier molecular flexibility index (Phi) is 7.33. The van der Waals surface area contributed by atoms with Crippen molar-refractivity contribution >= 4 is 17.3 Å². The maximum Gasteiger partial charge on any atom is 0.191 e. The summed E-state index contributed by atoms with van der Waals surface area (Å²) in [6.45, 7) is 4.54. The van der Waals surface area contributed by atoms with Crippen LogP contribution in [0.2, 0.25) is 0 Å². The number of benzene rings is 1. The Morgan fingerprint density at radius 1 is 1.36 bits per heavy atom. The molecule has 1 aliphatic heterocycles. The lowest BCUT2D eigenvalue weighted by molar-refractivity contribution is 0.188. The second kappa shape index (κ2) is 9.93. The van der Waals surface area contributed by atoms with Crippen molar-refractivity contribution < 1.29 is 8.78 Å². The molecule has 0 aliphatic carbocycles. The highest BCUT2D eigenvalue weighted by molar-refractivity contribution is 7.09. The van der Waals surface area contributed by atoms with Crippen LogP contribution in [0.3, 0.4) is 0 Å². The molecule has 0 saturated carbocycles. The lowest BCUT2D eigenvalue weighted by Gasteiger charge is -2.34. The predicted octanol–water partition coefficient (Wildman–Crippen LogP) is 3.31. The Labute approximate surface area is 168 Å². The van der Waals surface area contributed by atoms with Crippen LogP contribution in [0.25, 0.3) is 0 Å². The molecule has 0 radical (unpaired) electrons. The fraction of sp³-hybridized carbons (Fsp3) is 0.500. The van der Waals surface area contributed by atoms with Crippen molar-refractivity contribution in [3.63, 3.8) is 0 Å². The van der Waals surface area contributed by atoms with Crippen molar-refractivity contribution in [1.82, 2.24) is 20.5 Å². The zero-order valence-corrected chi connectivity index (χ0v) is 17.2. The van der Waals surface area contributed by atoms with Gasteiger partial charge in [-0.15, -0.1) is 11.3 Å². The minimum Gasteiger partial charge on any atom is -0.352 e. The second-order valence-electron chi connectivity index (χ2n) is 6.93. The molecule has 1 unspecified atom stereocenters. The molecule has 152 valence electrons. The number of thiazole rings is 1. The van der Waals surface area contributed by atoms with E-state index in [1.54, 1.807) is 18.4 Å². The third-order valence-electron chi connectivity index (χ3n) is 4.85. The molecular formula is C20H27F2N5S. The number of guanidine groups is 1. The number of aryl methyl sites for hydroxylation is 1. The summed E-state index contributed by atoms with van der Waals surface area (Å²) in [7, 11) is 1.74. The van der Waals surface area contributed by atoms with Crippen LogP contribution in [0.5, 0.6) is 0 Å². The molecule has 0 bridgehead atoms. The van der Waals surface area contributed by atoms with Crippen LogP contribution in [-0.4, -0.2) is 42.0 Å². The van der Waals surface area contributed by atoms with Crippen LogP contribution in [0.4, 0.5) is 8.78 Å². The molecule has 2 heterocycles. The van der Waals surface area contributed by atoms with Gasteiger partial charge in [0.15, 0.2) is 5.96 Å². The number of nitrogens with one attached hydrogen (secondary N) is 2. The fourth-order valence-electron chi connectivity index (χ4n) is 3.38. The van der Waals surface area contributed by atoms with Gasteiger partial charge in [-0.1, -0.05) is 13.0 Å². The first kappa shape index (κ1) is 20.7. The molecule has 0 amide bonds. The van der Waals surface area contributed by atoms with Gasteiger partial charge in [0.05, 0.1) is 17.2 Å². The van der Waals surface area contributed by atoms with Crippen LogP contribution in [0, 0.1) is 11.6 Å². The van der Waals surface area contributed by atoms with Gasteiger partial charge < -0.3 is 10.6 Å². The van der Waals surface area contributed by atoms with Gasteiger partial charge in [-0.25, -0.2) is 13.8 Å². The van der Waals surface area contributed by atoms with E-state index in [1.807, 2.05) is 0 Å². The van der Waals surface area contributed by atoms with E-state index < -0.39 is 11.6 Å². The van der Waals surface area contributed by atoms with Crippen LogP contribution < -0.4 is 10.6 Å². The molecule has 1 fully saturated rings. The number of nitrogens with zero attached hydrogens (tertiary/aromatic N) is 3. The van der Waals surface area contributed by atoms with Crippen molar-refractivity contribution in [2.24, 2.45) is 4.99 Å². The first-order valence-corrected chi connectivity index (χ1v) is 10.5. The molecule has 5 nitrogen and oxygen atoms in total. The zero-order valence-electron chi connectivity index (χ0n) is 16.3. The summed E-state index contributed by atoms with van der Waals surface area (Å²) >= 11 is 1.67. The van der Waals surface area contributed by atoms with E-state index in [-0.39, 0.29) is 18.2 Å². The Morgan fingerprint density at radius 2 is 2.14 bits per heavy atom. The minimum atomic E-state index is -0.484. The summed E-state index contributed by atoms with van der Waals surface area (Å²) in [6, 6.07) is 4.20. The molecule has 1 atom stereocenters. The SMILES string of the molecule is CCc1nc(CNC(=NC)NC2CCCN(Cc3c(F)cccc3F)C2)cs1. The van der Waals surface area contributed by atoms with E-state index in [4.69, 9.17) is 0 Å². The molecular weight excluding hydrogens is 380 g/mol. The number of hydrogen-bond donors (Lipinski definition) is 2. The van der Waals surface area contributed by atoms with E-state index in [1.165, 1.54) is 18.2 Å². The van der Waals surface area contributed by atoms with Gasteiger partial charge in [0.25, 0.3) is 0 Å². The number of likely N-dealkylation sites (tertiary alicyclic amines) is 1. The van der Waals surface area contributed by atoms with Crippen LogP contribution in [0.15, 0.2) is 28.6 Å². The highest BCUT2D eigenvalue weighted by atomic mass is 32.1. The van der Waals surface area contributed by atoms with E-state index in [9.17, 15) is 8.78 Å². The summed E-state index contributed by atoms with van der Waals surface area (Å²) in [5.74, 6) is -0.250. The maximum atomic E-state index is 13.9. The average Bonchev–Trinajstić information content (AvgIpc) is 3.16. The summed E-state index contributed by atoms with van der Waals surface area (Å²) in [6.07, 6.45) is 2.91. The van der Waals surface area contributed by atoms with Gasteiger partial charge >= 0.3 is 0 Å². The maximum absolute atomic E-state index is 13.9. The topological polar surface area (TPSA) is 52.6 Å². The molecule has 0 spiro atoms. The summed E-state index contributed by atoms with van der Waals surface area (Å²) in [4.78, 5) is 10.9. The normalized spacial score (nSPS) is 18.3. The summed E-state index contributed by atoms with van der Waals surface area (Å²) in [5, 5.41) is 9.91. The number of hydrogen-bond acceptors (Lipinski definition) is 4. The van der Waals surface area contributed by atoms with Gasteiger partial charge in [-0.2, -0.15) is 0 Å². The van der Waals surface area contributed by atoms with Crippen molar-refractivity contribution in [2.45, 2.75) is 45.3 Å². The van der Waals surface area contributed by atoms with E-state index >= 15 is 0 Å². The third kappa shape index (κ3) is 5.48. The van der Waals surface area contributed by atoms with Gasteiger partial charge in [0, 0.05) is 37.1 Å². The standard InChI is InChI=1S/C20H27F2N5S/c1-3-19-25-15(13-28-19)10-24-20(23-2)26-14-6-5-9-27(11-14)12-16-17(21)7-4-8-18(16)22/h4,7-8,13-14H,3,5-6,9-12H2,1-2H3,(H2,23,24,26). The van der Waals surface area contributed by atoms with Gasteiger partial charge in [0.2, 0.25) is 0 Å². The molecule has 1 aromatic carbocycles. The van der Waals surface area contributed by atoms with E-state index in [0.29, 0.717) is 13.1 Å². The monoisotopic (exact) mass is 407 g/mol. The Balaban J connectivity index is 1.53. The molecule has 28 heavy (non-hydrogen) atoms. The highest BCUT2D eigenvalue weighted by Gasteiger charge is 2.22. The minimum absolute atomic E-state index is 0.140. The largest absolute Gasteiger partial charge is 0.352 e. The number of piperidine rings is 1. The fourth-order valence-corrected chi connectivity index (χ4v) is 4.12. The Hall–Kier alpha value is -2.06. The van der Waals surface area contributed by atoms with Crippen molar-refractivity contribution in [2.75, 3.05) is 20.1 Å². The van der Waals surface area contributed by atoms with Gasteiger partial charge in [-0.05, 0) is 37.9 Å². The van der Waals surface area contributed by atoms with Gasteiger partial charge in [0.1, 0.15) is 11.6 Å².